The van der Waals surface area contributed by atoms with Crippen LogP contribution in [0, 0.1) is 0 Å². The predicted octanol–water partition coefficient (Wildman–Crippen LogP) is 0.704. The molecule has 2 aromatic rings. The lowest BCUT2D eigenvalue weighted by atomic mass is 10.1. The molecule has 0 radical (unpaired) electrons. The fourth-order valence-electron chi connectivity index (χ4n) is 1.53. The maximum absolute atomic E-state index is 10.8. The van der Waals surface area contributed by atoms with Crippen molar-refractivity contribution in [3.05, 3.63) is 23.8 Å². The molecule has 0 spiro atoms. The number of hydrogen-bond donors (Lipinski definition) is 2. The molecule has 7 heteroatoms. The lowest BCUT2D eigenvalue weighted by molar-refractivity contribution is -0.141. The minimum Gasteiger partial charge on any atom is -0.481 e. The number of aliphatic carboxylic acids is 2. The number of carboxylic acid groups (broad SMARTS) is 2. The van der Waals surface area contributed by atoms with Crippen molar-refractivity contribution in [2.45, 2.75) is 19.4 Å². The van der Waals surface area contributed by atoms with Gasteiger partial charge in [0.2, 0.25) is 0 Å². The molecule has 0 aliphatic heterocycles. The van der Waals surface area contributed by atoms with E-state index in [1.165, 1.54) is 6.92 Å². The van der Waals surface area contributed by atoms with Gasteiger partial charge in [0.05, 0.1) is 6.42 Å². The van der Waals surface area contributed by atoms with Gasteiger partial charge in [-0.05, 0) is 24.6 Å². The molecule has 18 heavy (non-hydrogen) atoms. The molecule has 1 heterocycles. The number of carboxylic acids is 2. The maximum atomic E-state index is 10.8. The molecule has 0 saturated carbocycles. The Morgan fingerprint density at radius 1 is 1.28 bits per heavy atom. The average molecular weight is 249 g/mol. The second-order valence-corrected chi connectivity index (χ2v) is 3.93. The summed E-state index contributed by atoms with van der Waals surface area (Å²) >= 11 is 0. The van der Waals surface area contributed by atoms with E-state index in [0.717, 1.165) is 4.80 Å². The smallest absolute Gasteiger partial charge is 0.330 e. The van der Waals surface area contributed by atoms with Gasteiger partial charge in [-0.15, -0.1) is 0 Å². The highest BCUT2D eigenvalue weighted by Gasteiger charge is 2.16. The molecule has 1 atom stereocenters. The minimum absolute atomic E-state index is 0.0999. The summed E-state index contributed by atoms with van der Waals surface area (Å²) in [6.07, 6.45) is -0.0999. The number of aromatic nitrogens is 3. The van der Waals surface area contributed by atoms with Crippen LogP contribution in [0.4, 0.5) is 0 Å². The van der Waals surface area contributed by atoms with E-state index < -0.39 is 18.0 Å². The molecule has 0 aliphatic rings. The largest absolute Gasteiger partial charge is 0.481 e. The number of rotatable bonds is 4. The summed E-state index contributed by atoms with van der Waals surface area (Å²) in [7, 11) is 0. The van der Waals surface area contributed by atoms with Gasteiger partial charge in [0.15, 0.2) is 6.04 Å². The van der Waals surface area contributed by atoms with Crippen molar-refractivity contribution in [2.24, 2.45) is 0 Å². The van der Waals surface area contributed by atoms with Gasteiger partial charge in [-0.2, -0.15) is 15.0 Å². The van der Waals surface area contributed by atoms with E-state index in [2.05, 4.69) is 10.2 Å². The number of nitrogens with zero attached hydrogens (tertiary/aromatic N) is 3. The predicted molar refractivity (Wildman–Crippen MR) is 61.2 cm³/mol. The third-order valence-electron chi connectivity index (χ3n) is 2.52. The topological polar surface area (TPSA) is 105 Å². The third-order valence-corrected chi connectivity index (χ3v) is 2.52. The van der Waals surface area contributed by atoms with E-state index in [-0.39, 0.29) is 6.42 Å². The van der Waals surface area contributed by atoms with Gasteiger partial charge in [0.1, 0.15) is 11.0 Å². The molecule has 94 valence electrons. The summed E-state index contributed by atoms with van der Waals surface area (Å²) in [6, 6.07) is 4.01. The summed E-state index contributed by atoms with van der Waals surface area (Å²) in [5.74, 6) is -1.96. The van der Waals surface area contributed by atoms with E-state index in [0.29, 0.717) is 16.6 Å². The van der Waals surface area contributed by atoms with Crippen LogP contribution in [0.2, 0.25) is 0 Å². The van der Waals surface area contributed by atoms with Crippen LogP contribution in [0.3, 0.4) is 0 Å². The van der Waals surface area contributed by atoms with Crippen LogP contribution < -0.4 is 0 Å². The number of carbonyl (C=O) groups is 2. The molecule has 0 bridgehead atoms. The van der Waals surface area contributed by atoms with Gasteiger partial charge in [-0.1, -0.05) is 6.07 Å². The van der Waals surface area contributed by atoms with Gasteiger partial charge >= 0.3 is 11.9 Å². The zero-order chi connectivity index (χ0) is 13.3. The highest BCUT2D eigenvalue weighted by molar-refractivity contribution is 5.78. The summed E-state index contributed by atoms with van der Waals surface area (Å²) < 4.78 is 0. The molecule has 2 rings (SSSR count). The number of hydrogen-bond acceptors (Lipinski definition) is 4. The normalized spacial score (nSPS) is 12.5. The Morgan fingerprint density at radius 3 is 2.56 bits per heavy atom. The summed E-state index contributed by atoms with van der Waals surface area (Å²) in [6.45, 7) is 1.47. The Bertz CT molecular complexity index is 620. The highest BCUT2D eigenvalue weighted by atomic mass is 16.4. The lowest BCUT2D eigenvalue weighted by Crippen LogP contribution is -2.17. The van der Waals surface area contributed by atoms with Gasteiger partial charge in [0.25, 0.3) is 0 Å². The molecular weight excluding hydrogens is 238 g/mol. The van der Waals surface area contributed by atoms with Crippen LogP contribution in [0.25, 0.3) is 11.0 Å². The molecule has 0 aliphatic carbocycles. The first-order valence-corrected chi connectivity index (χ1v) is 5.27. The van der Waals surface area contributed by atoms with E-state index in [1.54, 1.807) is 18.2 Å². The molecule has 0 saturated heterocycles. The Balaban J connectivity index is 2.39. The van der Waals surface area contributed by atoms with Crippen molar-refractivity contribution in [3.8, 4) is 0 Å². The SMILES string of the molecule is CC(C(=O)O)n1nc2ccc(CC(=O)O)cc2n1. The van der Waals surface area contributed by atoms with Crippen LogP contribution in [0.15, 0.2) is 18.2 Å². The quantitative estimate of drug-likeness (QED) is 0.826. The maximum Gasteiger partial charge on any atom is 0.330 e. The number of benzene rings is 1. The Kier molecular flexibility index (Phi) is 2.97. The van der Waals surface area contributed by atoms with Crippen molar-refractivity contribution in [1.29, 1.82) is 0 Å². The second kappa shape index (κ2) is 4.44. The van der Waals surface area contributed by atoms with Gasteiger partial charge in [-0.3, -0.25) is 4.79 Å². The second-order valence-electron chi connectivity index (χ2n) is 3.93. The molecule has 0 fully saturated rings. The van der Waals surface area contributed by atoms with E-state index in [4.69, 9.17) is 10.2 Å². The molecule has 1 unspecified atom stereocenters. The highest BCUT2D eigenvalue weighted by Crippen LogP contribution is 2.14. The lowest BCUT2D eigenvalue weighted by Gasteiger charge is -2.02. The molecule has 2 N–H and O–H groups in total. The monoisotopic (exact) mass is 249 g/mol. The van der Waals surface area contributed by atoms with E-state index in [1.807, 2.05) is 0 Å². The fourth-order valence-corrected chi connectivity index (χ4v) is 1.53. The first-order valence-electron chi connectivity index (χ1n) is 5.27. The molecule has 1 aromatic carbocycles. The Labute approximate surface area is 102 Å². The third kappa shape index (κ3) is 2.29. The standard InChI is InChI=1S/C11H11N3O4/c1-6(11(17)18)14-12-8-3-2-7(5-10(15)16)4-9(8)13-14/h2-4,6H,5H2,1H3,(H,15,16)(H,17,18). The van der Waals surface area contributed by atoms with Crippen molar-refractivity contribution >= 4 is 23.0 Å². The first kappa shape index (κ1) is 12.0. The van der Waals surface area contributed by atoms with Crippen LogP contribution in [-0.4, -0.2) is 37.1 Å². The van der Waals surface area contributed by atoms with Crippen LogP contribution in [-0.2, 0) is 16.0 Å². The van der Waals surface area contributed by atoms with Gasteiger partial charge in [-0.25, -0.2) is 4.79 Å². The molecule has 1 aromatic heterocycles. The molecular formula is C11H11N3O4. The van der Waals surface area contributed by atoms with Crippen LogP contribution >= 0.6 is 0 Å². The Hall–Kier alpha value is -2.44. The van der Waals surface area contributed by atoms with Crippen molar-refractivity contribution in [3.63, 3.8) is 0 Å². The summed E-state index contributed by atoms with van der Waals surface area (Å²) in [4.78, 5) is 22.5. The zero-order valence-corrected chi connectivity index (χ0v) is 9.57. The van der Waals surface area contributed by atoms with Crippen molar-refractivity contribution in [2.75, 3.05) is 0 Å². The summed E-state index contributed by atoms with van der Waals surface area (Å²) in [5, 5.41) is 25.6. The van der Waals surface area contributed by atoms with Gasteiger partial charge < -0.3 is 10.2 Å². The van der Waals surface area contributed by atoms with Crippen molar-refractivity contribution in [1.82, 2.24) is 15.0 Å². The zero-order valence-electron chi connectivity index (χ0n) is 9.57. The van der Waals surface area contributed by atoms with Crippen molar-refractivity contribution < 1.29 is 19.8 Å². The summed E-state index contributed by atoms with van der Waals surface area (Å²) in [5.41, 5.74) is 1.63. The molecule has 7 nitrogen and oxygen atoms in total. The van der Waals surface area contributed by atoms with Crippen LogP contribution in [0.5, 0.6) is 0 Å². The van der Waals surface area contributed by atoms with E-state index in [9.17, 15) is 9.59 Å². The minimum atomic E-state index is -1.03. The fraction of sp³-hybridized carbons (Fsp3) is 0.273. The number of fused-ring (bicyclic) bond motifs is 1. The van der Waals surface area contributed by atoms with E-state index >= 15 is 0 Å². The first-order chi connectivity index (χ1) is 8.47. The average Bonchev–Trinajstić information content (AvgIpc) is 2.69. The van der Waals surface area contributed by atoms with Gasteiger partial charge in [0, 0.05) is 0 Å². The van der Waals surface area contributed by atoms with Crippen LogP contribution in [0.1, 0.15) is 18.5 Å². The Morgan fingerprint density at radius 2 is 1.94 bits per heavy atom. The molecule has 0 amide bonds.